The number of carbonyl (C=O) groups is 2. The van der Waals surface area contributed by atoms with Crippen molar-refractivity contribution in [2.45, 2.75) is 39.2 Å². The zero-order valence-corrected chi connectivity index (χ0v) is 16.1. The summed E-state index contributed by atoms with van der Waals surface area (Å²) >= 11 is 1.40. The van der Waals surface area contributed by atoms with Gasteiger partial charge in [-0.15, -0.1) is 11.3 Å². The Balaban J connectivity index is 1.86. The predicted octanol–water partition coefficient (Wildman–Crippen LogP) is 4.13. The maximum atomic E-state index is 12.8. The van der Waals surface area contributed by atoms with Gasteiger partial charge in [0, 0.05) is 30.5 Å². The first kappa shape index (κ1) is 18.5. The highest BCUT2D eigenvalue weighted by atomic mass is 32.1. The van der Waals surface area contributed by atoms with E-state index in [-0.39, 0.29) is 17.9 Å². The van der Waals surface area contributed by atoms with E-state index in [2.05, 4.69) is 15.5 Å². The molecular weight excluding hydrogens is 346 g/mol. The fourth-order valence-electron chi connectivity index (χ4n) is 3.03. The standard InChI is InChI=1S/C20H25N3O2S/c1-3-14(2)21-19(24)16-13-15(22-20(25)18-7-6-12-26-18)8-9-17(16)23-10-4-5-11-23/h6-9,12-14H,3-5,10-11H2,1-2H3,(H,21,24)(H,22,25). The lowest BCUT2D eigenvalue weighted by Gasteiger charge is -2.23. The molecule has 5 nitrogen and oxygen atoms in total. The van der Waals surface area contributed by atoms with E-state index in [1.807, 2.05) is 37.4 Å². The first-order valence-corrected chi connectivity index (χ1v) is 10.0. The zero-order valence-electron chi connectivity index (χ0n) is 15.2. The van der Waals surface area contributed by atoms with E-state index in [0.29, 0.717) is 16.1 Å². The van der Waals surface area contributed by atoms with Crippen LogP contribution in [-0.4, -0.2) is 30.9 Å². The lowest BCUT2D eigenvalue weighted by Crippen LogP contribution is -2.33. The first-order chi connectivity index (χ1) is 12.6. The van der Waals surface area contributed by atoms with Crippen molar-refractivity contribution in [3.8, 4) is 0 Å². The van der Waals surface area contributed by atoms with E-state index >= 15 is 0 Å². The van der Waals surface area contributed by atoms with E-state index in [1.165, 1.54) is 11.3 Å². The number of nitrogens with zero attached hydrogens (tertiary/aromatic N) is 1. The molecule has 3 rings (SSSR count). The molecule has 1 atom stereocenters. The minimum absolute atomic E-state index is 0.0894. The van der Waals surface area contributed by atoms with E-state index < -0.39 is 0 Å². The van der Waals surface area contributed by atoms with E-state index in [1.54, 1.807) is 12.1 Å². The molecule has 1 aromatic heterocycles. The number of thiophene rings is 1. The van der Waals surface area contributed by atoms with Crippen LogP contribution in [0.3, 0.4) is 0 Å². The van der Waals surface area contributed by atoms with Crippen molar-refractivity contribution in [1.29, 1.82) is 0 Å². The Labute approximate surface area is 158 Å². The number of anilines is 2. The number of carbonyl (C=O) groups excluding carboxylic acids is 2. The molecular formula is C20H25N3O2S. The molecule has 0 radical (unpaired) electrons. The maximum absolute atomic E-state index is 12.8. The van der Waals surface area contributed by atoms with Gasteiger partial charge >= 0.3 is 0 Å². The van der Waals surface area contributed by atoms with Gasteiger partial charge in [-0.05, 0) is 55.8 Å². The lowest BCUT2D eigenvalue weighted by atomic mass is 10.1. The number of hydrogen-bond donors (Lipinski definition) is 2. The topological polar surface area (TPSA) is 61.4 Å². The number of benzene rings is 1. The number of rotatable bonds is 6. The molecule has 1 aromatic carbocycles. The van der Waals surface area contributed by atoms with E-state index in [4.69, 9.17) is 0 Å². The van der Waals surface area contributed by atoms with Crippen molar-refractivity contribution in [2.75, 3.05) is 23.3 Å². The molecule has 1 saturated heterocycles. The molecule has 2 amide bonds. The quantitative estimate of drug-likeness (QED) is 0.803. The SMILES string of the molecule is CCC(C)NC(=O)c1cc(NC(=O)c2cccs2)ccc1N1CCCC1. The minimum atomic E-state index is -0.151. The van der Waals surface area contributed by atoms with Gasteiger partial charge in [0.25, 0.3) is 11.8 Å². The van der Waals surface area contributed by atoms with Crippen LogP contribution in [0, 0.1) is 0 Å². The van der Waals surface area contributed by atoms with Gasteiger partial charge in [0.2, 0.25) is 0 Å². The third kappa shape index (κ3) is 4.25. The van der Waals surface area contributed by atoms with Gasteiger partial charge in [-0.1, -0.05) is 13.0 Å². The van der Waals surface area contributed by atoms with Crippen LogP contribution in [0.4, 0.5) is 11.4 Å². The average molecular weight is 372 g/mol. The van der Waals surface area contributed by atoms with Crippen molar-refractivity contribution >= 4 is 34.5 Å². The second kappa shape index (κ2) is 8.36. The molecule has 0 spiro atoms. The molecule has 0 bridgehead atoms. The molecule has 0 saturated carbocycles. The highest BCUT2D eigenvalue weighted by Gasteiger charge is 2.21. The molecule has 2 N–H and O–H groups in total. The van der Waals surface area contributed by atoms with Crippen molar-refractivity contribution in [2.24, 2.45) is 0 Å². The van der Waals surface area contributed by atoms with Gasteiger partial charge in [0.15, 0.2) is 0 Å². The van der Waals surface area contributed by atoms with Crippen LogP contribution < -0.4 is 15.5 Å². The molecule has 138 valence electrons. The Kier molecular flexibility index (Phi) is 5.93. The summed E-state index contributed by atoms with van der Waals surface area (Å²) in [6.45, 7) is 5.97. The summed E-state index contributed by atoms with van der Waals surface area (Å²) in [4.78, 5) is 28.0. The zero-order chi connectivity index (χ0) is 18.5. The van der Waals surface area contributed by atoms with Crippen molar-refractivity contribution in [3.05, 3.63) is 46.2 Å². The third-order valence-electron chi connectivity index (χ3n) is 4.68. The fourth-order valence-corrected chi connectivity index (χ4v) is 3.65. The number of nitrogens with one attached hydrogen (secondary N) is 2. The summed E-state index contributed by atoms with van der Waals surface area (Å²) in [6, 6.07) is 9.35. The second-order valence-electron chi connectivity index (χ2n) is 6.64. The number of amides is 2. The molecule has 0 aliphatic carbocycles. The van der Waals surface area contributed by atoms with Gasteiger partial charge in [-0.3, -0.25) is 9.59 Å². The maximum Gasteiger partial charge on any atom is 0.265 e. The van der Waals surface area contributed by atoms with Crippen LogP contribution in [0.2, 0.25) is 0 Å². The van der Waals surface area contributed by atoms with Crippen LogP contribution in [0.5, 0.6) is 0 Å². The Hall–Kier alpha value is -2.34. The van der Waals surface area contributed by atoms with Gasteiger partial charge in [0.05, 0.1) is 10.4 Å². The Morgan fingerprint density at radius 1 is 1.19 bits per heavy atom. The Morgan fingerprint density at radius 2 is 1.96 bits per heavy atom. The summed E-state index contributed by atoms with van der Waals surface area (Å²) in [5.41, 5.74) is 2.20. The summed E-state index contributed by atoms with van der Waals surface area (Å²) < 4.78 is 0. The largest absolute Gasteiger partial charge is 0.371 e. The fraction of sp³-hybridized carbons (Fsp3) is 0.400. The Morgan fingerprint density at radius 3 is 2.62 bits per heavy atom. The first-order valence-electron chi connectivity index (χ1n) is 9.13. The normalized spacial score (nSPS) is 14.9. The minimum Gasteiger partial charge on any atom is -0.371 e. The summed E-state index contributed by atoms with van der Waals surface area (Å²) in [6.07, 6.45) is 3.16. The van der Waals surface area contributed by atoms with Crippen molar-refractivity contribution in [1.82, 2.24) is 5.32 Å². The van der Waals surface area contributed by atoms with Crippen LogP contribution in [0.15, 0.2) is 35.7 Å². The molecule has 6 heteroatoms. The molecule has 1 unspecified atom stereocenters. The average Bonchev–Trinajstić information content (AvgIpc) is 3.35. The molecule has 1 fully saturated rings. The van der Waals surface area contributed by atoms with Gasteiger partial charge in [-0.2, -0.15) is 0 Å². The third-order valence-corrected chi connectivity index (χ3v) is 5.55. The van der Waals surface area contributed by atoms with Crippen LogP contribution in [0.1, 0.15) is 53.1 Å². The predicted molar refractivity (Wildman–Crippen MR) is 107 cm³/mol. The highest BCUT2D eigenvalue weighted by molar-refractivity contribution is 7.12. The molecule has 2 heterocycles. The second-order valence-corrected chi connectivity index (χ2v) is 7.59. The van der Waals surface area contributed by atoms with Gasteiger partial charge in [-0.25, -0.2) is 0 Å². The Bertz CT molecular complexity index is 767. The van der Waals surface area contributed by atoms with Crippen LogP contribution in [0.25, 0.3) is 0 Å². The van der Waals surface area contributed by atoms with Crippen molar-refractivity contribution in [3.63, 3.8) is 0 Å². The summed E-state index contributed by atoms with van der Waals surface area (Å²) in [7, 11) is 0. The molecule has 1 aliphatic rings. The van der Waals surface area contributed by atoms with E-state index in [0.717, 1.165) is 38.0 Å². The van der Waals surface area contributed by atoms with Gasteiger partial charge < -0.3 is 15.5 Å². The summed E-state index contributed by atoms with van der Waals surface area (Å²) in [5.74, 6) is -0.240. The molecule has 1 aliphatic heterocycles. The van der Waals surface area contributed by atoms with E-state index in [9.17, 15) is 9.59 Å². The summed E-state index contributed by atoms with van der Waals surface area (Å²) in [5, 5.41) is 7.81. The van der Waals surface area contributed by atoms with Crippen LogP contribution >= 0.6 is 11.3 Å². The molecule has 26 heavy (non-hydrogen) atoms. The molecule has 2 aromatic rings. The lowest BCUT2D eigenvalue weighted by molar-refractivity contribution is 0.0938. The monoisotopic (exact) mass is 371 g/mol. The highest BCUT2D eigenvalue weighted by Crippen LogP contribution is 2.28. The van der Waals surface area contributed by atoms with Crippen molar-refractivity contribution < 1.29 is 9.59 Å². The number of hydrogen-bond acceptors (Lipinski definition) is 4. The van der Waals surface area contributed by atoms with Crippen LogP contribution in [-0.2, 0) is 0 Å². The smallest absolute Gasteiger partial charge is 0.265 e. The van der Waals surface area contributed by atoms with Gasteiger partial charge in [0.1, 0.15) is 0 Å².